The summed E-state index contributed by atoms with van der Waals surface area (Å²) < 4.78 is 7.05. The summed E-state index contributed by atoms with van der Waals surface area (Å²) >= 11 is 0. The van der Waals surface area contributed by atoms with Crippen molar-refractivity contribution in [3.63, 3.8) is 0 Å². The van der Waals surface area contributed by atoms with E-state index in [2.05, 4.69) is 16.5 Å². The summed E-state index contributed by atoms with van der Waals surface area (Å²) in [6, 6.07) is 13.0. The van der Waals surface area contributed by atoms with Gasteiger partial charge in [0.15, 0.2) is 0 Å². The highest BCUT2D eigenvalue weighted by molar-refractivity contribution is 5.41. The van der Waals surface area contributed by atoms with Crippen LogP contribution < -0.4 is 5.32 Å². The lowest BCUT2D eigenvalue weighted by atomic mass is 10.1. The second-order valence-electron chi connectivity index (χ2n) is 5.92. The molecule has 3 rings (SSSR count). The first-order valence-electron chi connectivity index (χ1n) is 8.10. The van der Waals surface area contributed by atoms with Crippen LogP contribution in [0.1, 0.15) is 41.7 Å². The lowest BCUT2D eigenvalue weighted by Crippen LogP contribution is -2.24. The van der Waals surface area contributed by atoms with E-state index in [0.717, 1.165) is 16.9 Å². The van der Waals surface area contributed by atoms with E-state index >= 15 is 0 Å². The van der Waals surface area contributed by atoms with E-state index in [1.807, 2.05) is 36.9 Å². The molecule has 0 fully saturated rings. The van der Waals surface area contributed by atoms with Gasteiger partial charge in [-0.3, -0.25) is 0 Å². The number of nitrogens with one attached hydrogen (secondary N) is 1. The molecule has 2 aromatic heterocycles. The van der Waals surface area contributed by atoms with Gasteiger partial charge in [0.05, 0.1) is 29.8 Å². The largest absolute Gasteiger partial charge is 0.467 e. The molecule has 0 radical (unpaired) electrons. The van der Waals surface area contributed by atoms with E-state index in [-0.39, 0.29) is 6.04 Å². The molecule has 25 heavy (non-hydrogen) atoms. The molecule has 2 N–H and O–H groups in total. The van der Waals surface area contributed by atoms with Crippen LogP contribution >= 0.6 is 0 Å². The molecule has 0 bridgehead atoms. The zero-order valence-electron chi connectivity index (χ0n) is 14.2. The summed E-state index contributed by atoms with van der Waals surface area (Å²) in [5.41, 5.74) is 3.59. The maximum Gasteiger partial charge on any atom is 0.133 e. The maximum atomic E-state index is 10.1. The van der Waals surface area contributed by atoms with Gasteiger partial charge in [0.25, 0.3) is 0 Å². The van der Waals surface area contributed by atoms with Crippen LogP contribution in [0.3, 0.4) is 0 Å². The van der Waals surface area contributed by atoms with Crippen LogP contribution in [0, 0.1) is 18.3 Å². The van der Waals surface area contributed by atoms with Crippen LogP contribution in [0.5, 0.6) is 0 Å². The van der Waals surface area contributed by atoms with Crippen molar-refractivity contribution in [2.75, 3.05) is 6.54 Å². The predicted molar refractivity (Wildman–Crippen MR) is 93.1 cm³/mol. The van der Waals surface area contributed by atoms with Crippen LogP contribution in [0.4, 0.5) is 0 Å². The van der Waals surface area contributed by atoms with Gasteiger partial charge in [0.1, 0.15) is 11.9 Å². The average Bonchev–Trinajstić information content (AvgIpc) is 3.29. The van der Waals surface area contributed by atoms with Crippen molar-refractivity contribution >= 4 is 0 Å². The first-order valence-corrected chi connectivity index (χ1v) is 8.10. The molecule has 1 aromatic carbocycles. The zero-order chi connectivity index (χ0) is 17.8. The van der Waals surface area contributed by atoms with Gasteiger partial charge >= 0.3 is 0 Å². The van der Waals surface area contributed by atoms with E-state index in [1.165, 1.54) is 0 Å². The van der Waals surface area contributed by atoms with Crippen LogP contribution in [0.2, 0.25) is 0 Å². The Hall–Kier alpha value is -2.88. The van der Waals surface area contributed by atoms with Gasteiger partial charge < -0.3 is 14.8 Å². The number of nitrogens with zero attached hydrogens (tertiary/aromatic N) is 3. The first-order chi connectivity index (χ1) is 12.1. The van der Waals surface area contributed by atoms with Crippen molar-refractivity contribution in [3.05, 3.63) is 71.4 Å². The summed E-state index contributed by atoms with van der Waals surface area (Å²) in [6.07, 6.45) is 2.68. The third-order valence-corrected chi connectivity index (χ3v) is 4.24. The fourth-order valence-corrected chi connectivity index (χ4v) is 2.76. The van der Waals surface area contributed by atoms with Crippen molar-refractivity contribution in [1.82, 2.24) is 15.1 Å². The highest BCUT2D eigenvalue weighted by Gasteiger charge is 2.17. The number of aliphatic hydroxyl groups excluding tert-OH is 1. The number of hydrogen-bond donors (Lipinski definition) is 2. The summed E-state index contributed by atoms with van der Waals surface area (Å²) in [7, 11) is 0. The Bertz CT molecular complexity index is 860. The monoisotopic (exact) mass is 336 g/mol. The number of hydrogen-bond acceptors (Lipinski definition) is 5. The standard InChI is InChI=1S/C19H20N4O2/c1-13(21-12-18(24)19-4-3-9-25-19)17-11-22-23(14(17)2)16-7-5-15(10-20)6-8-16/h3-9,11,13,18,21,24H,12H2,1-2H3/t13-,18-/m1/s1. The number of benzene rings is 1. The maximum absolute atomic E-state index is 10.1. The first kappa shape index (κ1) is 17.0. The average molecular weight is 336 g/mol. The SMILES string of the molecule is Cc1c([C@@H](C)NC[C@@H](O)c2ccco2)cnn1-c1ccc(C#N)cc1. The summed E-state index contributed by atoms with van der Waals surface area (Å²) in [5.74, 6) is 0.546. The van der Waals surface area contributed by atoms with E-state index in [1.54, 1.807) is 30.5 Å². The number of rotatable bonds is 6. The predicted octanol–water partition coefficient (Wildman–Crippen LogP) is 3.03. The van der Waals surface area contributed by atoms with Crippen molar-refractivity contribution in [1.29, 1.82) is 5.26 Å². The fourth-order valence-electron chi connectivity index (χ4n) is 2.76. The topological polar surface area (TPSA) is 87.0 Å². The molecule has 0 spiro atoms. The number of aromatic nitrogens is 2. The van der Waals surface area contributed by atoms with Gasteiger partial charge in [0, 0.05) is 23.8 Å². The molecule has 0 aliphatic rings. The van der Waals surface area contributed by atoms with Crippen LogP contribution in [0.15, 0.2) is 53.3 Å². The molecule has 6 heteroatoms. The third kappa shape index (κ3) is 3.63. The molecule has 6 nitrogen and oxygen atoms in total. The Labute approximate surface area is 146 Å². The smallest absolute Gasteiger partial charge is 0.133 e. The molecule has 0 saturated carbocycles. The Kier molecular flexibility index (Phi) is 4.98. The molecule has 0 aliphatic carbocycles. The van der Waals surface area contributed by atoms with Crippen LogP contribution in [-0.2, 0) is 0 Å². The molecular weight excluding hydrogens is 316 g/mol. The fraction of sp³-hybridized carbons (Fsp3) is 0.263. The molecule has 3 aromatic rings. The molecule has 2 heterocycles. The second kappa shape index (κ2) is 7.34. The van der Waals surface area contributed by atoms with Gasteiger partial charge in [-0.15, -0.1) is 0 Å². The highest BCUT2D eigenvalue weighted by atomic mass is 16.4. The van der Waals surface area contributed by atoms with E-state index in [9.17, 15) is 5.11 Å². The van der Waals surface area contributed by atoms with Gasteiger partial charge in [-0.1, -0.05) is 0 Å². The quantitative estimate of drug-likeness (QED) is 0.722. The van der Waals surface area contributed by atoms with E-state index in [4.69, 9.17) is 9.68 Å². The summed E-state index contributed by atoms with van der Waals surface area (Å²) in [6.45, 7) is 4.42. The van der Waals surface area contributed by atoms with Crippen molar-refractivity contribution in [2.45, 2.75) is 26.0 Å². The summed E-state index contributed by atoms with van der Waals surface area (Å²) in [5, 5.41) is 26.8. The Balaban J connectivity index is 1.70. The normalized spacial score (nSPS) is 13.4. The Morgan fingerprint density at radius 1 is 1.32 bits per heavy atom. The minimum atomic E-state index is -0.689. The molecule has 0 amide bonds. The number of aliphatic hydroxyl groups is 1. The summed E-state index contributed by atoms with van der Waals surface area (Å²) in [4.78, 5) is 0. The lowest BCUT2D eigenvalue weighted by Gasteiger charge is -2.16. The second-order valence-corrected chi connectivity index (χ2v) is 5.92. The Morgan fingerprint density at radius 3 is 2.72 bits per heavy atom. The van der Waals surface area contributed by atoms with Crippen LogP contribution in [0.25, 0.3) is 5.69 Å². The number of furan rings is 1. The minimum absolute atomic E-state index is 0.0248. The molecule has 0 saturated heterocycles. The molecular formula is C19H20N4O2. The minimum Gasteiger partial charge on any atom is -0.467 e. The lowest BCUT2D eigenvalue weighted by molar-refractivity contribution is 0.144. The Morgan fingerprint density at radius 2 is 2.08 bits per heavy atom. The third-order valence-electron chi connectivity index (χ3n) is 4.24. The van der Waals surface area contributed by atoms with Crippen molar-refractivity contribution in [2.24, 2.45) is 0 Å². The van der Waals surface area contributed by atoms with Crippen molar-refractivity contribution < 1.29 is 9.52 Å². The van der Waals surface area contributed by atoms with Gasteiger partial charge in [0.2, 0.25) is 0 Å². The number of nitriles is 1. The molecule has 128 valence electrons. The highest BCUT2D eigenvalue weighted by Crippen LogP contribution is 2.21. The molecule has 0 aliphatic heterocycles. The molecule has 2 atom stereocenters. The molecule has 0 unspecified atom stereocenters. The van der Waals surface area contributed by atoms with Gasteiger partial charge in [-0.05, 0) is 50.2 Å². The zero-order valence-corrected chi connectivity index (χ0v) is 14.2. The van der Waals surface area contributed by atoms with E-state index < -0.39 is 6.10 Å². The van der Waals surface area contributed by atoms with E-state index in [0.29, 0.717) is 17.9 Å². The van der Waals surface area contributed by atoms with Crippen molar-refractivity contribution in [3.8, 4) is 11.8 Å². The van der Waals surface area contributed by atoms with Crippen LogP contribution in [-0.4, -0.2) is 21.4 Å². The van der Waals surface area contributed by atoms with Gasteiger partial charge in [-0.25, -0.2) is 4.68 Å². The van der Waals surface area contributed by atoms with Gasteiger partial charge in [-0.2, -0.15) is 10.4 Å².